The van der Waals surface area contributed by atoms with E-state index in [2.05, 4.69) is 0 Å². The van der Waals surface area contributed by atoms with E-state index in [1.54, 1.807) is 19.3 Å². The first kappa shape index (κ1) is 12.8. The van der Waals surface area contributed by atoms with Crippen LogP contribution in [0.1, 0.15) is 13.8 Å². The molecule has 78 valence electrons. The Balaban J connectivity index is 3.76. The minimum Gasteiger partial charge on any atom is -0.381 e. The van der Waals surface area contributed by atoms with Crippen molar-refractivity contribution in [3.05, 3.63) is 36.5 Å². The minimum absolute atomic E-state index is 0.0729. The summed E-state index contributed by atoms with van der Waals surface area (Å²) in [6.07, 6.45) is 10.8. The molecular formula is C12H18O2. The number of allylic oxidation sites excluding steroid dienone is 5. The van der Waals surface area contributed by atoms with Crippen molar-refractivity contribution in [3.8, 4) is 0 Å². The second-order valence-corrected chi connectivity index (χ2v) is 3.18. The van der Waals surface area contributed by atoms with E-state index < -0.39 is 0 Å². The van der Waals surface area contributed by atoms with Crippen LogP contribution in [0, 0.1) is 5.92 Å². The van der Waals surface area contributed by atoms with E-state index in [1.165, 1.54) is 0 Å². The standard InChI is InChI=1S/C12H18O2/c1-11(2)12(13)9-7-5-4-6-8-10-14-3/h4-9,11H,10H2,1-3H3/b5-4+,8-6+,9-7+. The Labute approximate surface area is 86.0 Å². The zero-order chi connectivity index (χ0) is 10.8. The van der Waals surface area contributed by atoms with Crippen LogP contribution in [0.5, 0.6) is 0 Å². The lowest BCUT2D eigenvalue weighted by Gasteiger charge is -1.94. The molecule has 0 spiro atoms. The van der Waals surface area contributed by atoms with Crippen LogP contribution >= 0.6 is 0 Å². The molecule has 0 bridgehead atoms. The number of carbonyl (C=O) groups excluding carboxylic acids is 1. The normalized spacial score (nSPS) is 12.6. The molecule has 14 heavy (non-hydrogen) atoms. The maximum atomic E-state index is 11.1. The number of ketones is 1. The van der Waals surface area contributed by atoms with Gasteiger partial charge in [-0.15, -0.1) is 0 Å². The lowest BCUT2D eigenvalue weighted by Crippen LogP contribution is -2.01. The number of carbonyl (C=O) groups is 1. The van der Waals surface area contributed by atoms with Crippen LogP contribution in [0.2, 0.25) is 0 Å². The van der Waals surface area contributed by atoms with Gasteiger partial charge in [-0.3, -0.25) is 4.79 Å². The van der Waals surface area contributed by atoms with Crippen LogP contribution in [-0.2, 0) is 9.53 Å². The molecule has 0 rings (SSSR count). The van der Waals surface area contributed by atoms with Crippen LogP contribution in [-0.4, -0.2) is 19.5 Å². The van der Waals surface area contributed by atoms with Crippen LogP contribution in [0.15, 0.2) is 36.5 Å². The average Bonchev–Trinajstić information content (AvgIpc) is 2.16. The van der Waals surface area contributed by atoms with E-state index >= 15 is 0 Å². The van der Waals surface area contributed by atoms with Gasteiger partial charge in [0.15, 0.2) is 5.78 Å². The van der Waals surface area contributed by atoms with Gasteiger partial charge in [0.05, 0.1) is 6.61 Å². The van der Waals surface area contributed by atoms with E-state index in [-0.39, 0.29) is 11.7 Å². The Morgan fingerprint density at radius 3 is 2.43 bits per heavy atom. The van der Waals surface area contributed by atoms with Gasteiger partial charge in [-0.1, -0.05) is 44.2 Å². The molecule has 0 saturated carbocycles. The summed E-state index contributed by atoms with van der Waals surface area (Å²) in [6, 6.07) is 0. The van der Waals surface area contributed by atoms with Gasteiger partial charge in [0.2, 0.25) is 0 Å². The quantitative estimate of drug-likeness (QED) is 0.479. The number of ether oxygens (including phenoxy) is 1. The Morgan fingerprint density at radius 2 is 1.86 bits per heavy atom. The van der Waals surface area contributed by atoms with Gasteiger partial charge >= 0.3 is 0 Å². The third-order valence-corrected chi connectivity index (χ3v) is 1.56. The second-order valence-electron chi connectivity index (χ2n) is 3.18. The first-order valence-electron chi connectivity index (χ1n) is 4.71. The predicted molar refractivity (Wildman–Crippen MR) is 59.1 cm³/mol. The highest BCUT2D eigenvalue weighted by Gasteiger charge is 1.99. The smallest absolute Gasteiger partial charge is 0.158 e. The Morgan fingerprint density at radius 1 is 1.21 bits per heavy atom. The van der Waals surface area contributed by atoms with Crippen molar-refractivity contribution < 1.29 is 9.53 Å². The van der Waals surface area contributed by atoms with Crippen LogP contribution in [0.25, 0.3) is 0 Å². The van der Waals surface area contributed by atoms with Gasteiger partial charge in [-0.25, -0.2) is 0 Å². The van der Waals surface area contributed by atoms with Crippen molar-refractivity contribution >= 4 is 5.78 Å². The van der Waals surface area contributed by atoms with Gasteiger partial charge in [0.25, 0.3) is 0 Å². The Hall–Kier alpha value is -1.15. The summed E-state index contributed by atoms with van der Waals surface area (Å²) in [6.45, 7) is 4.38. The van der Waals surface area contributed by atoms with Crippen molar-refractivity contribution in [2.75, 3.05) is 13.7 Å². The van der Waals surface area contributed by atoms with Crippen molar-refractivity contribution in [2.24, 2.45) is 5.92 Å². The van der Waals surface area contributed by atoms with Gasteiger partial charge in [0.1, 0.15) is 0 Å². The summed E-state index contributed by atoms with van der Waals surface area (Å²) in [5, 5.41) is 0. The predicted octanol–water partition coefficient (Wildman–Crippen LogP) is 2.53. The van der Waals surface area contributed by atoms with Crippen molar-refractivity contribution in [1.29, 1.82) is 0 Å². The maximum Gasteiger partial charge on any atom is 0.158 e. The fraction of sp³-hybridized carbons (Fsp3) is 0.417. The van der Waals surface area contributed by atoms with Crippen LogP contribution in [0.4, 0.5) is 0 Å². The summed E-state index contributed by atoms with van der Waals surface area (Å²) in [5.41, 5.74) is 0. The molecule has 0 aromatic rings. The molecule has 0 fully saturated rings. The summed E-state index contributed by atoms with van der Waals surface area (Å²) in [5.74, 6) is 0.221. The van der Waals surface area contributed by atoms with Gasteiger partial charge in [-0.05, 0) is 6.08 Å². The van der Waals surface area contributed by atoms with Crippen molar-refractivity contribution in [2.45, 2.75) is 13.8 Å². The van der Waals surface area contributed by atoms with Crippen molar-refractivity contribution in [1.82, 2.24) is 0 Å². The molecule has 0 heterocycles. The molecule has 0 amide bonds. The highest BCUT2D eigenvalue weighted by Crippen LogP contribution is 1.95. The molecule has 0 saturated heterocycles. The summed E-state index contributed by atoms with van der Waals surface area (Å²) in [7, 11) is 1.65. The third kappa shape index (κ3) is 7.50. The number of hydrogen-bond acceptors (Lipinski definition) is 2. The zero-order valence-electron chi connectivity index (χ0n) is 9.07. The van der Waals surface area contributed by atoms with E-state index in [0.29, 0.717) is 6.61 Å². The first-order chi connectivity index (χ1) is 6.68. The molecule has 0 unspecified atom stereocenters. The lowest BCUT2D eigenvalue weighted by atomic mass is 10.1. The minimum atomic E-state index is 0.0729. The van der Waals surface area contributed by atoms with Gasteiger partial charge in [-0.2, -0.15) is 0 Å². The number of hydrogen-bond donors (Lipinski definition) is 0. The largest absolute Gasteiger partial charge is 0.381 e. The zero-order valence-corrected chi connectivity index (χ0v) is 9.07. The first-order valence-corrected chi connectivity index (χ1v) is 4.71. The Kier molecular flexibility index (Phi) is 7.75. The molecule has 0 aliphatic carbocycles. The van der Waals surface area contributed by atoms with E-state index in [9.17, 15) is 4.79 Å². The highest BCUT2D eigenvalue weighted by molar-refractivity contribution is 5.91. The van der Waals surface area contributed by atoms with E-state index in [1.807, 2.05) is 38.2 Å². The average molecular weight is 194 g/mol. The lowest BCUT2D eigenvalue weighted by molar-refractivity contribution is -0.117. The molecule has 0 aliphatic heterocycles. The fourth-order valence-electron chi connectivity index (χ4n) is 0.701. The van der Waals surface area contributed by atoms with Gasteiger partial charge < -0.3 is 4.74 Å². The number of rotatable bonds is 6. The van der Waals surface area contributed by atoms with Crippen LogP contribution < -0.4 is 0 Å². The topological polar surface area (TPSA) is 26.3 Å². The molecule has 0 N–H and O–H groups in total. The molecule has 0 aromatic carbocycles. The van der Waals surface area contributed by atoms with Crippen LogP contribution in [0.3, 0.4) is 0 Å². The maximum absolute atomic E-state index is 11.1. The molecule has 2 heteroatoms. The Bertz CT molecular complexity index is 235. The molecule has 0 aliphatic rings. The molecule has 0 radical (unpaired) electrons. The molecule has 0 atom stereocenters. The van der Waals surface area contributed by atoms with E-state index in [0.717, 1.165) is 0 Å². The van der Waals surface area contributed by atoms with Gasteiger partial charge in [0, 0.05) is 13.0 Å². The van der Waals surface area contributed by atoms with Crippen molar-refractivity contribution in [3.63, 3.8) is 0 Å². The summed E-state index contributed by atoms with van der Waals surface area (Å²) in [4.78, 5) is 11.1. The monoisotopic (exact) mass is 194 g/mol. The molecule has 0 aromatic heterocycles. The summed E-state index contributed by atoms with van der Waals surface area (Å²) < 4.78 is 4.83. The summed E-state index contributed by atoms with van der Waals surface area (Å²) >= 11 is 0. The fourth-order valence-corrected chi connectivity index (χ4v) is 0.701. The number of methoxy groups -OCH3 is 1. The van der Waals surface area contributed by atoms with E-state index in [4.69, 9.17) is 4.74 Å². The molecule has 2 nitrogen and oxygen atoms in total. The second kappa shape index (κ2) is 8.45. The molecular weight excluding hydrogens is 176 g/mol. The highest BCUT2D eigenvalue weighted by atomic mass is 16.5. The SMILES string of the molecule is COC/C=C/C=C/C=C/C(=O)C(C)C. The third-order valence-electron chi connectivity index (χ3n) is 1.56.